The Morgan fingerprint density at radius 3 is 2.08 bits per heavy atom. The summed E-state index contributed by atoms with van der Waals surface area (Å²) in [6, 6.07) is 0. The van der Waals surface area contributed by atoms with E-state index >= 15 is 0 Å². The Morgan fingerprint density at radius 1 is 1.33 bits per heavy atom. The van der Waals surface area contributed by atoms with Gasteiger partial charge in [0.25, 0.3) is 0 Å². The molecule has 0 saturated heterocycles. The number of rotatable bonds is 4. The standard InChI is InChI=1S/C10H16N2/c1-6-10(8(4)11)9(5)12-7(2)3/h6,12H,1-2,4,11H2,3,5H3/b10-9+. The molecule has 2 nitrogen and oxygen atoms in total. The summed E-state index contributed by atoms with van der Waals surface area (Å²) in [5, 5.41) is 3.05. The SMILES string of the molecule is C=C/C(C(=C)N)=C(/C)NC(=C)C. The van der Waals surface area contributed by atoms with Gasteiger partial charge in [-0.2, -0.15) is 0 Å². The summed E-state index contributed by atoms with van der Waals surface area (Å²) in [5.74, 6) is 0. The number of hydrogen-bond acceptors (Lipinski definition) is 2. The van der Waals surface area contributed by atoms with Gasteiger partial charge in [-0.15, -0.1) is 0 Å². The zero-order chi connectivity index (χ0) is 9.72. The molecule has 0 aromatic rings. The lowest BCUT2D eigenvalue weighted by molar-refractivity contribution is 0.958. The molecule has 12 heavy (non-hydrogen) atoms. The van der Waals surface area contributed by atoms with Crippen molar-refractivity contribution in [3.05, 3.63) is 48.5 Å². The molecule has 0 spiro atoms. The average Bonchev–Trinajstić information content (AvgIpc) is 1.85. The molecule has 0 aliphatic carbocycles. The Kier molecular flexibility index (Phi) is 3.91. The molecule has 0 aromatic carbocycles. The van der Waals surface area contributed by atoms with Gasteiger partial charge in [0.15, 0.2) is 0 Å². The maximum Gasteiger partial charge on any atom is 0.0331 e. The summed E-state index contributed by atoms with van der Waals surface area (Å²) < 4.78 is 0. The highest BCUT2D eigenvalue weighted by Gasteiger charge is 1.98. The first kappa shape index (κ1) is 10.6. The predicted molar refractivity (Wildman–Crippen MR) is 54.2 cm³/mol. The second-order valence-electron chi connectivity index (χ2n) is 2.67. The molecule has 0 aliphatic heterocycles. The molecule has 2 heteroatoms. The van der Waals surface area contributed by atoms with Crippen LogP contribution in [0.3, 0.4) is 0 Å². The third-order valence-corrected chi connectivity index (χ3v) is 1.35. The van der Waals surface area contributed by atoms with E-state index in [-0.39, 0.29) is 0 Å². The van der Waals surface area contributed by atoms with Crippen LogP contribution < -0.4 is 11.1 Å². The maximum atomic E-state index is 5.53. The minimum atomic E-state index is 0.510. The van der Waals surface area contributed by atoms with Crippen LogP contribution in [0.25, 0.3) is 0 Å². The van der Waals surface area contributed by atoms with Crippen molar-refractivity contribution in [2.45, 2.75) is 13.8 Å². The molecule has 0 heterocycles. The Balaban J connectivity index is 4.72. The fourth-order valence-corrected chi connectivity index (χ4v) is 0.912. The molecule has 0 bridgehead atoms. The maximum absolute atomic E-state index is 5.53. The van der Waals surface area contributed by atoms with Crippen molar-refractivity contribution in [3.8, 4) is 0 Å². The van der Waals surface area contributed by atoms with Gasteiger partial charge < -0.3 is 11.1 Å². The van der Waals surface area contributed by atoms with Gasteiger partial charge in [-0.3, -0.25) is 0 Å². The van der Waals surface area contributed by atoms with Gasteiger partial charge >= 0.3 is 0 Å². The van der Waals surface area contributed by atoms with Crippen molar-refractivity contribution in [1.82, 2.24) is 5.32 Å². The summed E-state index contributed by atoms with van der Waals surface area (Å²) in [6.45, 7) is 14.8. The largest absolute Gasteiger partial charge is 0.399 e. The summed E-state index contributed by atoms with van der Waals surface area (Å²) in [6.07, 6.45) is 1.67. The molecule has 66 valence electrons. The van der Waals surface area contributed by atoms with E-state index in [4.69, 9.17) is 5.73 Å². The number of nitrogens with one attached hydrogen (secondary N) is 1. The highest BCUT2D eigenvalue weighted by atomic mass is 14.9. The van der Waals surface area contributed by atoms with Gasteiger partial charge in [0, 0.05) is 22.7 Å². The molecule has 3 N–H and O–H groups in total. The van der Waals surface area contributed by atoms with E-state index in [9.17, 15) is 0 Å². The van der Waals surface area contributed by atoms with Crippen LogP contribution in [-0.4, -0.2) is 0 Å². The van der Waals surface area contributed by atoms with Crippen LogP contribution in [0.5, 0.6) is 0 Å². The molecular formula is C10H16N2. The van der Waals surface area contributed by atoms with Gasteiger partial charge in [-0.1, -0.05) is 25.8 Å². The van der Waals surface area contributed by atoms with Crippen LogP contribution in [-0.2, 0) is 0 Å². The van der Waals surface area contributed by atoms with E-state index in [1.54, 1.807) is 6.08 Å². The van der Waals surface area contributed by atoms with E-state index in [1.807, 2.05) is 13.8 Å². The average molecular weight is 164 g/mol. The number of allylic oxidation sites excluding steroid dienone is 3. The van der Waals surface area contributed by atoms with Crippen molar-refractivity contribution in [2.75, 3.05) is 0 Å². The molecule has 0 fully saturated rings. The Bertz CT molecular complexity index is 247. The molecule has 0 radical (unpaired) electrons. The molecule has 0 atom stereocenters. The van der Waals surface area contributed by atoms with Crippen molar-refractivity contribution in [2.24, 2.45) is 5.73 Å². The van der Waals surface area contributed by atoms with Crippen molar-refractivity contribution >= 4 is 0 Å². The monoisotopic (exact) mass is 164 g/mol. The smallest absolute Gasteiger partial charge is 0.0331 e. The van der Waals surface area contributed by atoms with Gasteiger partial charge in [0.05, 0.1) is 0 Å². The Hall–Kier alpha value is -1.44. The first-order valence-corrected chi connectivity index (χ1v) is 3.69. The molecule has 0 aromatic heterocycles. The summed E-state index contributed by atoms with van der Waals surface area (Å²) in [5.41, 5.74) is 8.66. The van der Waals surface area contributed by atoms with E-state index in [0.717, 1.165) is 17.0 Å². The topological polar surface area (TPSA) is 38.0 Å². The molecule has 0 saturated carbocycles. The molecule has 0 unspecified atom stereocenters. The van der Waals surface area contributed by atoms with E-state index in [0.29, 0.717) is 5.70 Å². The lowest BCUT2D eigenvalue weighted by Gasteiger charge is -2.10. The van der Waals surface area contributed by atoms with E-state index in [2.05, 4.69) is 25.1 Å². The highest BCUT2D eigenvalue weighted by Crippen LogP contribution is 2.08. The minimum Gasteiger partial charge on any atom is -0.399 e. The normalized spacial score (nSPS) is 11.5. The molecule has 0 rings (SSSR count). The first-order chi connectivity index (χ1) is 5.49. The quantitative estimate of drug-likeness (QED) is 0.624. The molecular weight excluding hydrogens is 148 g/mol. The first-order valence-electron chi connectivity index (χ1n) is 3.69. The minimum absolute atomic E-state index is 0.510. The van der Waals surface area contributed by atoms with Crippen LogP contribution in [0.2, 0.25) is 0 Å². The zero-order valence-corrected chi connectivity index (χ0v) is 7.78. The fraction of sp³-hybridized carbons (Fsp3) is 0.200. The lowest BCUT2D eigenvalue weighted by atomic mass is 10.1. The van der Waals surface area contributed by atoms with Gasteiger partial charge in [-0.25, -0.2) is 0 Å². The van der Waals surface area contributed by atoms with Gasteiger partial charge in [-0.05, 0) is 13.8 Å². The van der Waals surface area contributed by atoms with Gasteiger partial charge in [0.1, 0.15) is 0 Å². The van der Waals surface area contributed by atoms with Crippen LogP contribution in [0.4, 0.5) is 0 Å². The summed E-state index contributed by atoms with van der Waals surface area (Å²) in [4.78, 5) is 0. The Labute approximate surface area is 74.2 Å². The number of hydrogen-bond donors (Lipinski definition) is 2. The molecule has 0 aliphatic rings. The summed E-state index contributed by atoms with van der Waals surface area (Å²) in [7, 11) is 0. The van der Waals surface area contributed by atoms with Crippen LogP contribution in [0, 0.1) is 0 Å². The summed E-state index contributed by atoms with van der Waals surface area (Å²) >= 11 is 0. The van der Waals surface area contributed by atoms with E-state index in [1.165, 1.54) is 0 Å². The fourth-order valence-electron chi connectivity index (χ4n) is 0.912. The molecule has 0 amide bonds. The lowest BCUT2D eigenvalue weighted by Crippen LogP contribution is -2.11. The second-order valence-corrected chi connectivity index (χ2v) is 2.67. The van der Waals surface area contributed by atoms with Crippen molar-refractivity contribution < 1.29 is 0 Å². The third-order valence-electron chi connectivity index (χ3n) is 1.35. The van der Waals surface area contributed by atoms with Crippen LogP contribution in [0.1, 0.15) is 13.8 Å². The highest BCUT2D eigenvalue weighted by molar-refractivity contribution is 5.38. The van der Waals surface area contributed by atoms with Crippen LogP contribution in [0.15, 0.2) is 48.5 Å². The van der Waals surface area contributed by atoms with Crippen molar-refractivity contribution in [1.29, 1.82) is 0 Å². The third kappa shape index (κ3) is 3.10. The number of nitrogens with two attached hydrogens (primary N) is 1. The second kappa shape index (κ2) is 4.44. The van der Waals surface area contributed by atoms with E-state index < -0.39 is 0 Å². The zero-order valence-electron chi connectivity index (χ0n) is 7.78. The Morgan fingerprint density at radius 2 is 1.83 bits per heavy atom. The van der Waals surface area contributed by atoms with Crippen molar-refractivity contribution in [3.63, 3.8) is 0 Å². The van der Waals surface area contributed by atoms with Crippen LogP contribution >= 0.6 is 0 Å². The van der Waals surface area contributed by atoms with Gasteiger partial charge in [0.2, 0.25) is 0 Å². The predicted octanol–water partition coefficient (Wildman–Crippen LogP) is 2.04.